The number of anilines is 1. The van der Waals surface area contributed by atoms with Crippen molar-refractivity contribution >= 4 is 35.0 Å². The molecule has 0 aliphatic carbocycles. The van der Waals surface area contributed by atoms with Crippen molar-refractivity contribution in [2.75, 3.05) is 25.1 Å². The van der Waals surface area contributed by atoms with E-state index < -0.39 is 0 Å². The molecule has 7 heteroatoms. The predicted molar refractivity (Wildman–Crippen MR) is 118 cm³/mol. The Labute approximate surface area is 184 Å². The number of carbonyl (C=O) groups is 3. The molecule has 156 valence electrons. The molecular formula is C24H19ClN2O4. The Morgan fingerprint density at radius 1 is 0.935 bits per heavy atom. The van der Waals surface area contributed by atoms with Gasteiger partial charge in [0.1, 0.15) is 5.75 Å². The smallest absolute Gasteiger partial charge is 0.261 e. The van der Waals surface area contributed by atoms with E-state index in [9.17, 15) is 14.4 Å². The van der Waals surface area contributed by atoms with E-state index in [1.54, 1.807) is 79.9 Å². The maximum atomic E-state index is 13.3. The highest BCUT2D eigenvalue weighted by Crippen LogP contribution is 2.26. The molecule has 0 saturated heterocycles. The van der Waals surface area contributed by atoms with Crippen molar-refractivity contribution in [3.8, 4) is 5.75 Å². The lowest BCUT2D eigenvalue weighted by Gasteiger charge is -2.25. The van der Waals surface area contributed by atoms with Gasteiger partial charge in [0.05, 0.1) is 18.2 Å². The maximum absolute atomic E-state index is 13.3. The van der Waals surface area contributed by atoms with Gasteiger partial charge in [-0.25, -0.2) is 0 Å². The van der Waals surface area contributed by atoms with E-state index in [1.807, 2.05) is 0 Å². The number of hydrogen-bond donors (Lipinski definition) is 0. The number of rotatable bonds is 6. The Morgan fingerprint density at radius 2 is 1.61 bits per heavy atom. The van der Waals surface area contributed by atoms with Crippen LogP contribution in [0.25, 0.3) is 0 Å². The minimum absolute atomic E-state index is 0.0515. The van der Waals surface area contributed by atoms with Crippen molar-refractivity contribution in [2.45, 2.75) is 0 Å². The van der Waals surface area contributed by atoms with E-state index >= 15 is 0 Å². The standard InChI is InChI=1S/C24H19ClN2O4/c1-31-19-9-5-8-18(15-19)26(22(28)16-6-4-7-17(25)14-16)12-13-27-23(29)20-10-2-3-11-21(20)24(27)30/h2-11,14-15H,12-13H2,1H3. The van der Waals surface area contributed by atoms with E-state index in [0.29, 0.717) is 33.1 Å². The number of benzene rings is 3. The number of hydrogen-bond acceptors (Lipinski definition) is 4. The summed E-state index contributed by atoms with van der Waals surface area (Å²) in [5.41, 5.74) is 1.74. The van der Waals surface area contributed by atoms with Gasteiger partial charge in [-0.2, -0.15) is 0 Å². The van der Waals surface area contributed by atoms with Gasteiger partial charge in [0, 0.05) is 35.4 Å². The summed E-state index contributed by atoms with van der Waals surface area (Å²) in [6, 6.07) is 20.4. The molecule has 0 aromatic heterocycles. The summed E-state index contributed by atoms with van der Waals surface area (Å²) >= 11 is 6.07. The van der Waals surface area contributed by atoms with Crippen molar-refractivity contribution < 1.29 is 19.1 Å². The molecule has 0 spiro atoms. The second kappa shape index (κ2) is 8.62. The molecule has 3 aromatic rings. The van der Waals surface area contributed by atoms with E-state index in [4.69, 9.17) is 16.3 Å². The fraction of sp³-hybridized carbons (Fsp3) is 0.125. The highest BCUT2D eigenvalue weighted by atomic mass is 35.5. The van der Waals surface area contributed by atoms with Gasteiger partial charge in [0.2, 0.25) is 0 Å². The van der Waals surface area contributed by atoms with Crippen molar-refractivity contribution in [2.24, 2.45) is 0 Å². The minimum atomic E-state index is -0.360. The van der Waals surface area contributed by atoms with Crippen LogP contribution in [0.5, 0.6) is 5.75 Å². The molecule has 3 aromatic carbocycles. The van der Waals surface area contributed by atoms with Gasteiger partial charge >= 0.3 is 0 Å². The van der Waals surface area contributed by atoms with Gasteiger partial charge in [-0.05, 0) is 42.5 Å². The average Bonchev–Trinajstić information content (AvgIpc) is 3.04. The summed E-state index contributed by atoms with van der Waals surface area (Å²) < 4.78 is 5.29. The van der Waals surface area contributed by atoms with E-state index in [2.05, 4.69) is 0 Å². The number of amides is 3. The van der Waals surface area contributed by atoms with Gasteiger partial charge in [-0.15, -0.1) is 0 Å². The van der Waals surface area contributed by atoms with Crippen LogP contribution in [-0.2, 0) is 0 Å². The second-order valence-electron chi connectivity index (χ2n) is 6.98. The minimum Gasteiger partial charge on any atom is -0.497 e. The van der Waals surface area contributed by atoms with Crippen molar-refractivity contribution in [1.29, 1.82) is 0 Å². The fourth-order valence-corrected chi connectivity index (χ4v) is 3.74. The van der Waals surface area contributed by atoms with Crippen LogP contribution in [0, 0.1) is 0 Å². The Balaban J connectivity index is 1.63. The SMILES string of the molecule is COc1cccc(N(CCN2C(=O)c3ccccc3C2=O)C(=O)c2cccc(Cl)c2)c1. The molecule has 1 heterocycles. The summed E-state index contributed by atoms with van der Waals surface area (Å²) in [4.78, 5) is 41.4. The van der Waals surface area contributed by atoms with Gasteiger partial charge in [-0.3, -0.25) is 19.3 Å². The van der Waals surface area contributed by atoms with Crippen LogP contribution in [-0.4, -0.2) is 42.8 Å². The Hall–Kier alpha value is -3.64. The number of halogens is 1. The highest BCUT2D eigenvalue weighted by molar-refractivity contribution is 6.31. The van der Waals surface area contributed by atoms with Gasteiger partial charge in [0.25, 0.3) is 17.7 Å². The number of fused-ring (bicyclic) bond motifs is 1. The first-order valence-electron chi connectivity index (χ1n) is 9.66. The van der Waals surface area contributed by atoms with Crippen LogP contribution in [0.1, 0.15) is 31.1 Å². The van der Waals surface area contributed by atoms with Crippen LogP contribution in [0.4, 0.5) is 5.69 Å². The largest absolute Gasteiger partial charge is 0.497 e. The number of ether oxygens (including phenoxy) is 1. The van der Waals surface area contributed by atoms with E-state index in [-0.39, 0.29) is 30.8 Å². The van der Waals surface area contributed by atoms with E-state index in [1.165, 1.54) is 9.80 Å². The van der Waals surface area contributed by atoms with Crippen LogP contribution < -0.4 is 9.64 Å². The molecule has 0 unspecified atom stereocenters. The molecule has 0 saturated carbocycles. The molecule has 3 amide bonds. The van der Waals surface area contributed by atoms with Crippen LogP contribution in [0.2, 0.25) is 5.02 Å². The van der Waals surface area contributed by atoms with Gasteiger partial charge in [-0.1, -0.05) is 35.9 Å². The summed E-state index contributed by atoms with van der Waals surface area (Å²) in [7, 11) is 1.54. The lowest BCUT2D eigenvalue weighted by molar-refractivity contribution is 0.0654. The summed E-state index contributed by atoms with van der Waals surface area (Å²) in [5, 5.41) is 0.441. The zero-order valence-corrected chi connectivity index (χ0v) is 17.5. The average molecular weight is 435 g/mol. The molecule has 1 aliphatic heterocycles. The maximum Gasteiger partial charge on any atom is 0.261 e. The van der Waals surface area contributed by atoms with E-state index in [0.717, 1.165) is 0 Å². The van der Waals surface area contributed by atoms with Crippen molar-refractivity contribution in [3.63, 3.8) is 0 Å². The number of carbonyl (C=O) groups excluding carboxylic acids is 3. The summed E-state index contributed by atoms with van der Waals surface area (Å²) in [6.45, 7) is 0.167. The molecule has 0 atom stereocenters. The predicted octanol–water partition coefficient (Wildman–Crippen LogP) is 4.29. The third-order valence-corrected chi connectivity index (χ3v) is 5.34. The molecule has 0 N–H and O–H groups in total. The topological polar surface area (TPSA) is 66.9 Å². The summed E-state index contributed by atoms with van der Waals surface area (Å²) in [5.74, 6) is -0.433. The van der Waals surface area contributed by atoms with Gasteiger partial charge < -0.3 is 9.64 Å². The highest BCUT2D eigenvalue weighted by Gasteiger charge is 2.35. The molecule has 0 radical (unpaired) electrons. The normalized spacial score (nSPS) is 12.6. The van der Waals surface area contributed by atoms with Crippen molar-refractivity contribution in [1.82, 2.24) is 4.90 Å². The third kappa shape index (κ3) is 4.02. The molecule has 31 heavy (non-hydrogen) atoms. The first-order valence-corrected chi connectivity index (χ1v) is 10.0. The molecule has 0 bridgehead atoms. The van der Waals surface area contributed by atoms with Crippen LogP contribution in [0.15, 0.2) is 72.8 Å². The quantitative estimate of drug-likeness (QED) is 0.543. The first-order chi connectivity index (χ1) is 15.0. The molecule has 0 fully saturated rings. The first kappa shape index (κ1) is 20.6. The van der Waals surface area contributed by atoms with Crippen molar-refractivity contribution in [3.05, 3.63) is 94.5 Å². The van der Waals surface area contributed by atoms with Gasteiger partial charge in [0.15, 0.2) is 0 Å². The monoisotopic (exact) mass is 434 g/mol. The molecular weight excluding hydrogens is 416 g/mol. The molecule has 4 rings (SSSR count). The van der Waals surface area contributed by atoms with Crippen LogP contribution >= 0.6 is 11.6 Å². The second-order valence-corrected chi connectivity index (χ2v) is 7.41. The lowest BCUT2D eigenvalue weighted by Crippen LogP contribution is -2.41. The van der Waals surface area contributed by atoms with Crippen LogP contribution in [0.3, 0.4) is 0 Å². The Kier molecular flexibility index (Phi) is 5.73. The summed E-state index contributed by atoms with van der Waals surface area (Å²) in [6.07, 6.45) is 0. The zero-order valence-electron chi connectivity index (χ0n) is 16.7. The Bertz CT molecular complexity index is 1140. The number of imide groups is 1. The Morgan fingerprint density at radius 3 is 2.26 bits per heavy atom. The lowest BCUT2D eigenvalue weighted by atomic mass is 10.1. The zero-order chi connectivity index (χ0) is 22.0. The molecule has 1 aliphatic rings. The molecule has 6 nitrogen and oxygen atoms in total. The third-order valence-electron chi connectivity index (χ3n) is 5.11. The fourth-order valence-electron chi connectivity index (χ4n) is 3.55. The number of methoxy groups -OCH3 is 1. The number of nitrogens with zero attached hydrogens (tertiary/aromatic N) is 2.